The van der Waals surface area contributed by atoms with Gasteiger partial charge in [-0.3, -0.25) is 9.59 Å². The van der Waals surface area contributed by atoms with Crippen LogP contribution in [0.2, 0.25) is 5.15 Å². The highest BCUT2D eigenvalue weighted by Crippen LogP contribution is 2.18. The second kappa shape index (κ2) is 5.26. The van der Waals surface area contributed by atoms with Gasteiger partial charge >= 0.3 is 0 Å². The molecule has 0 spiro atoms. The Morgan fingerprint density at radius 1 is 1.19 bits per heavy atom. The monoisotopic (exact) mass is 243 g/mol. The highest BCUT2D eigenvalue weighted by Gasteiger charge is 2.16. The Morgan fingerprint density at radius 3 is 2.12 bits per heavy atom. The van der Waals surface area contributed by atoms with Gasteiger partial charge in [0.1, 0.15) is 0 Å². The average Bonchev–Trinajstić information content (AvgIpc) is 2.15. The van der Waals surface area contributed by atoms with Crippen LogP contribution >= 0.6 is 11.6 Å². The average molecular weight is 244 g/mol. The molecule has 0 atom stereocenters. The van der Waals surface area contributed by atoms with Crippen LogP contribution in [0, 0.1) is 0 Å². The van der Waals surface area contributed by atoms with E-state index in [1.807, 2.05) is 0 Å². The molecule has 1 aromatic rings. The van der Waals surface area contributed by atoms with Crippen LogP contribution in [-0.4, -0.2) is 34.9 Å². The molecule has 0 unspecified atom stereocenters. The molecule has 16 heavy (non-hydrogen) atoms. The standard InChI is InChI=1S/C8H10ClN5O2/c9-7-8(13-2-1-12-7)14(3-5(10)15)4-6(11)16/h1-2H,3-4H2,(H2,10,15)(H2,11,16). The maximum Gasteiger partial charge on any atom is 0.237 e. The van der Waals surface area contributed by atoms with Gasteiger partial charge in [-0.2, -0.15) is 0 Å². The molecule has 1 heterocycles. The summed E-state index contributed by atoms with van der Waals surface area (Å²) in [6, 6.07) is 0. The number of rotatable bonds is 5. The Hall–Kier alpha value is -1.89. The summed E-state index contributed by atoms with van der Waals surface area (Å²) in [5.41, 5.74) is 10.1. The van der Waals surface area contributed by atoms with Crippen LogP contribution in [0.4, 0.5) is 5.82 Å². The molecule has 0 aliphatic rings. The van der Waals surface area contributed by atoms with Gasteiger partial charge in [-0.15, -0.1) is 0 Å². The summed E-state index contributed by atoms with van der Waals surface area (Å²) >= 11 is 5.77. The lowest BCUT2D eigenvalue weighted by Crippen LogP contribution is -2.40. The largest absolute Gasteiger partial charge is 0.368 e. The van der Waals surface area contributed by atoms with Crippen molar-refractivity contribution in [1.29, 1.82) is 0 Å². The van der Waals surface area contributed by atoms with Crippen LogP contribution in [-0.2, 0) is 9.59 Å². The zero-order valence-corrected chi connectivity index (χ0v) is 9.02. The Labute approximate surface area is 96.4 Å². The first kappa shape index (κ1) is 12.2. The molecule has 0 saturated carbocycles. The summed E-state index contributed by atoms with van der Waals surface area (Å²) in [6.07, 6.45) is 2.77. The quantitative estimate of drug-likeness (QED) is 0.682. The number of hydrogen-bond donors (Lipinski definition) is 2. The first-order valence-corrected chi connectivity index (χ1v) is 4.66. The van der Waals surface area contributed by atoms with E-state index < -0.39 is 11.8 Å². The maximum atomic E-state index is 10.8. The number of nitrogens with two attached hydrogens (primary N) is 2. The molecule has 0 bridgehead atoms. The van der Waals surface area contributed by atoms with Crippen molar-refractivity contribution in [3.05, 3.63) is 17.5 Å². The SMILES string of the molecule is NC(=O)CN(CC(N)=O)c1nccnc1Cl. The van der Waals surface area contributed by atoms with Gasteiger partial charge in [0, 0.05) is 12.4 Å². The van der Waals surface area contributed by atoms with E-state index in [1.54, 1.807) is 0 Å². The van der Waals surface area contributed by atoms with Crippen LogP contribution in [0.15, 0.2) is 12.4 Å². The first-order valence-electron chi connectivity index (χ1n) is 4.28. The van der Waals surface area contributed by atoms with E-state index in [-0.39, 0.29) is 24.1 Å². The summed E-state index contributed by atoms with van der Waals surface area (Å²) in [5.74, 6) is -1.05. The predicted octanol–water partition coefficient (Wildman–Crippen LogP) is -1.09. The minimum absolute atomic E-state index is 0.0741. The second-order valence-corrected chi connectivity index (χ2v) is 3.32. The topological polar surface area (TPSA) is 115 Å². The van der Waals surface area contributed by atoms with Gasteiger partial charge < -0.3 is 16.4 Å². The van der Waals surface area contributed by atoms with Crippen LogP contribution in [0.1, 0.15) is 0 Å². The lowest BCUT2D eigenvalue weighted by molar-refractivity contribution is -0.117. The van der Waals surface area contributed by atoms with E-state index in [0.29, 0.717) is 0 Å². The van der Waals surface area contributed by atoms with Crippen molar-refractivity contribution in [2.75, 3.05) is 18.0 Å². The van der Waals surface area contributed by atoms with E-state index in [1.165, 1.54) is 17.3 Å². The number of aromatic nitrogens is 2. The molecule has 0 aliphatic heterocycles. The van der Waals surface area contributed by atoms with Crippen LogP contribution in [0.3, 0.4) is 0 Å². The van der Waals surface area contributed by atoms with Crippen molar-refractivity contribution in [1.82, 2.24) is 9.97 Å². The van der Waals surface area contributed by atoms with Gasteiger partial charge in [0.2, 0.25) is 11.8 Å². The third kappa shape index (κ3) is 3.35. The fourth-order valence-corrected chi connectivity index (χ4v) is 1.33. The molecule has 1 aromatic heterocycles. The van der Waals surface area contributed by atoms with Gasteiger partial charge in [0.05, 0.1) is 13.1 Å². The number of carbonyl (C=O) groups excluding carboxylic acids is 2. The highest BCUT2D eigenvalue weighted by atomic mass is 35.5. The lowest BCUT2D eigenvalue weighted by atomic mass is 10.4. The molecule has 1 rings (SSSR count). The third-order valence-electron chi connectivity index (χ3n) is 1.63. The van der Waals surface area contributed by atoms with E-state index in [9.17, 15) is 9.59 Å². The smallest absolute Gasteiger partial charge is 0.237 e. The first-order chi connectivity index (χ1) is 7.50. The van der Waals surface area contributed by atoms with Crippen molar-refractivity contribution >= 4 is 29.2 Å². The highest BCUT2D eigenvalue weighted by molar-refractivity contribution is 6.31. The molecule has 4 N–H and O–H groups in total. The number of primary amides is 2. The second-order valence-electron chi connectivity index (χ2n) is 2.96. The fraction of sp³-hybridized carbons (Fsp3) is 0.250. The maximum absolute atomic E-state index is 10.8. The van der Waals surface area contributed by atoms with Crippen LogP contribution in [0.5, 0.6) is 0 Å². The van der Waals surface area contributed by atoms with Gasteiger partial charge in [-0.1, -0.05) is 11.6 Å². The number of amides is 2. The molecule has 8 heteroatoms. The van der Waals surface area contributed by atoms with Crippen molar-refractivity contribution in [3.63, 3.8) is 0 Å². The van der Waals surface area contributed by atoms with E-state index >= 15 is 0 Å². The van der Waals surface area contributed by atoms with Crippen molar-refractivity contribution in [2.24, 2.45) is 11.5 Å². The minimum Gasteiger partial charge on any atom is -0.368 e. The molecule has 86 valence electrons. The predicted molar refractivity (Wildman–Crippen MR) is 57.6 cm³/mol. The molecular weight excluding hydrogens is 234 g/mol. The Bertz CT molecular complexity index is 395. The lowest BCUT2D eigenvalue weighted by Gasteiger charge is -2.20. The molecule has 0 radical (unpaired) electrons. The number of carbonyl (C=O) groups is 2. The zero-order valence-electron chi connectivity index (χ0n) is 8.26. The molecule has 0 aromatic carbocycles. The molecule has 7 nitrogen and oxygen atoms in total. The number of hydrogen-bond acceptors (Lipinski definition) is 5. The van der Waals surface area contributed by atoms with Gasteiger partial charge in [0.25, 0.3) is 0 Å². The molecule has 0 saturated heterocycles. The molecular formula is C8H10ClN5O2. The van der Waals surface area contributed by atoms with E-state index in [4.69, 9.17) is 23.1 Å². The third-order valence-corrected chi connectivity index (χ3v) is 1.90. The number of halogens is 1. The van der Waals surface area contributed by atoms with Gasteiger partial charge in [-0.05, 0) is 0 Å². The Morgan fingerprint density at radius 2 is 1.69 bits per heavy atom. The van der Waals surface area contributed by atoms with Crippen LogP contribution < -0.4 is 16.4 Å². The van der Waals surface area contributed by atoms with Crippen molar-refractivity contribution in [3.8, 4) is 0 Å². The molecule has 2 amide bonds. The van der Waals surface area contributed by atoms with Crippen LogP contribution in [0.25, 0.3) is 0 Å². The summed E-state index contributed by atoms with van der Waals surface area (Å²) in [5, 5.41) is 0.0741. The van der Waals surface area contributed by atoms with Crippen molar-refractivity contribution < 1.29 is 9.59 Å². The van der Waals surface area contributed by atoms with E-state index in [2.05, 4.69) is 9.97 Å². The number of nitrogens with zero attached hydrogens (tertiary/aromatic N) is 3. The molecule has 0 aliphatic carbocycles. The summed E-state index contributed by atoms with van der Waals surface area (Å²) in [6.45, 7) is -0.414. The fourth-order valence-electron chi connectivity index (χ4n) is 1.11. The van der Waals surface area contributed by atoms with Crippen molar-refractivity contribution in [2.45, 2.75) is 0 Å². The Balaban J connectivity index is 2.96. The summed E-state index contributed by atoms with van der Waals surface area (Å²) in [4.78, 5) is 30.6. The molecule has 0 fully saturated rings. The summed E-state index contributed by atoms with van der Waals surface area (Å²) in [7, 11) is 0. The normalized spacial score (nSPS) is 9.81. The number of anilines is 1. The van der Waals surface area contributed by atoms with E-state index in [0.717, 1.165) is 0 Å². The zero-order chi connectivity index (χ0) is 12.1. The van der Waals surface area contributed by atoms with Gasteiger partial charge in [0.15, 0.2) is 11.0 Å². The van der Waals surface area contributed by atoms with Gasteiger partial charge in [-0.25, -0.2) is 9.97 Å². The summed E-state index contributed by atoms with van der Waals surface area (Å²) < 4.78 is 0. The Kier molecular flexibility index (Phi) is 4.01. The minimum atomic E-state index is -0.622.